The minimum atomic E-state index is -0.241. The zero-order valence-corrected chi connectivity index (χ0v) is 18.0. The molecular formula is C20H27BrN4O3. The first-order valence-electron chi connectivity index (χ1n) is 9.59. The average Bonchev–Trinajstić information content (AvgIpc) is 3.13. The van der Waals surface area contributed by atoms with Gasteiger partial charge in [-0.3, -0.25) is 0 Å². The summed E-state index contributed by atoms with van der Waals surface area (Å²) in [5.74, 6) is 1.15. The number of aliphatic hydroxyl groups is 1. The second kappa shape index (κ2) is 9.23. The van der Waals surface area contributed by atoms with E-state index in [1.165, 1.54) is 32.1 Å². The molecule has 28 heavy (non-hydrogen) atoms. The highest BCUT2D eigenvalue weighted by Crippen LogP contribution is 2.33. The quantitative estimate of drug-likeness (QED) is 0.735. The third-order valence-electron chi connectivity index (χ3n) is 5.41. The molecule has 3 heterocycles. The summed E-state index contributed by atoms with van der Waals surface area (Å²) in [6.07, 6.45) is 7.96. The Labute approximate surface area is 173 Å². The fourth-order valence-electron chi connectivity index (χ4n) is 3.81. The van der Waals surface area contributed by atoms with Crippen molar-refractivity contribution < 1.29 is 14.3 Å². The fourth-order valence-corrected chi connectivity index (χ4v) is 4.33. The van der Waals surface area contributed by atoms with Gasteiger partial charge in [-0.15, -0.1) is 0 Å². The number of aromatic nitrogens is 1. The number of fused-ring (bicyclic) bond motifs is 1. The van der Waals surface area contributed by atoms with E-state index in [-0.39, 0.29) is 12.2 Å². The van der Waals surface area contributed by atoms with Gasteiger partial charge in [0, 0.05) is 37.7 Å². The van der Waals surface area contributed by atoms with Crippen molar-refractivity contribution in [1.29, 1.82) is 5.26 Å². The molecule has 8 heteroatoms. The van der Waals surface area contributed by atoms with Crippen LogP contribution in [0, 0.1) is 11.3 Å². The Hall–Kier alpha value is -1.66. The van der Waals surface area contributed by atoms with Crippen LogP contribution in [0.1, 0.15) is 37.9 Å². The predicted molar refractivity (Wildman–Crippen MR) is 111 cm³/mol. The lowest BCUT2D eigenvalue weighted by Crippen LogP contribution is -2.63. The summed E-state index contributed by atoms with van der Waals surface area (Å²) in [6, 6.07) is 4.25. The van der Waals surface area contributed by atoms with Crippen molar-refractivity contribution in [2.24, 2.45) is 0 Å². The number of hydrogen-bond acceptors (Lipinski definition) is 7. The molecule has 1 saturated carbocycles. The van der Waals surface area contributed by atoms with Crippen LogP contribution >= 0.6 is 15.9 Å². The third kappa shape index (κ3) is 4.66. The Bertz CT molecular complexity index is 830. The van der Waals surface area contributed by atoms with Crippen molar-refractivity contribution in [3.63, 3.8) is 0 Å². The van der Waals surface area contributed by atoms with Gasteiger partial charge in [0.05, 0.1) is 17.3 Å². The van der Waals surface area contributed by atoms with E-state index in [2.05, 4.69) is 31.1 Å². The minimum absolute atomic E-state index is 0.133. The zero-order chi connectivity index (χ0) is 20.1. The smallest absolute Gasteiger partial charge is 0.204 e. The van der Waals surface area contributed by atoms with Gasteiger partial charge in [0.25, 0.3) is 0 Å². The first kappa shape index (κ1) is 21.1. The number of nitrogens with zero attached hydrogens (tertiary/aromatic N) is 3. The summed E-state index contributed by atoms with van der Waals surface area (Å²) < 4.78 is 11.3. The summed E-state index contributed by atoms with van der Waals surface area (Å²) >= 11 is 3.56. The highest BCUT2D eigenvalue weighted by Gasteiger charge is 2.40. The highest BCUT2D eigenvalue weighted by molar-refractivity contribution is 9.10. The molecule has 2 aliphatic rings. The van der Waals surface area contributed by atoms with E-state index in [0.29, 0.717) is 17.4 Å². The normalized spacial score (nSPS) is 19.4. The van der Waals surface area contributed by atoms with Crippen LogP contribution in [-0.2, 0) is 4.74 Å². The number of aliphatic hydroxyl groups excluding tert-OH is 1. The van der Waals surface area contributed by atoms with E-state index in [1.807, 2.05) is 13.1 Å². The first-order chi connectivity index (χ1) is 13.5. The number of methoxy groups -OCH3 is 1. The molecule has 0 spiro atoms. The molecular weight excluding hydrogens is 424 g/mol. The van der Waals surface area contributed by atoms with E-state index in [9.17, 15) is 0 Å². The van der Waals surface area contributed by atoms with Gasteiger partial charge in [0.2, 0.25) is 5.76 Å². The van der Waals surface area contributed by atoms with Gasteiger partial charge in [-0.05, 0) is 35.8 Å². The number of nitrogens with one attached hydrogen (secondary N) is 1. The second-order valence-electron chi connectivity index (χ2n) is 7.62. The fraction of sp³-hybridized carbons (Fsp3) is 0.600. The standard InChI is InChI=1S/C14H14BrN3O.C6H13NO2/c15-13-11-6-10(7-16)19-12(11)8-17-14(13)18-9-4-2-1-3-5-9;1-7-3-6(4-7,5-8)9-2/h6,8-9H,1-5H2,(H,17,18);8H,3-5H2,1-2H3. The topological polar surface area (TPSA) is 94.5 Å². The van der Waals surface area contributed by atoms with E-state index < -0.39 is 0 Å². The summed E-state index contributed by atoms with van der Waals surface area (Å²) in [4.78, 5) is 6.50. The molecule has 1 aliphatic heterocycles. The van der Waals surface area contributed by atoms with E-state index >= 15 is 0 Å². The van der Waals surface area contributed by atoms with Gasteiger partial charge in [-0.1, -0.05) is 19.3 Å². The minimum Gasteiger partial charge on any atom is -0.444 e. The molecule has 0 bridgehead atoms. The summed E-state index contributed by atoms with van der Waals surface area (Å²) in [5.41, 5.74) is 0.395. The Morgan fingerprint density at radius 3 is 2.68 bits per heavy atom. The van der Waals surface area contributed by atoms with Crippen molar-refractivity contribution >= 4 is 32.7 Å². The molecule has 2 aromatic heterocycles. The van der Waals surface area contributed by atoms with Crippen molar-refractivity contribution in [2.75, 3.05) is 39.2 Å². The van der Waals surface area contributed by atoms with Gasteiger partial charge >= 0.3 is 0 Å². The maximum Gasteiger partial charge on any atom is 0.204 e. The van der Waals surface area contributed by atoms with Crippen LogP contribution in [0.15, 0.2) is 21.2 Å². The van der Waals surface area contributed by atoms with E-state index in [1.54, 1.807) is 19.4 Å². The molecule has 7 nitrogen and oxygen atoms in total. The lowest BCUT2D eigenvalue weighted by molar-refractivity contribution is -0.140. The van der Waals surface area contributed by atoms with Crippen LogP contribution in [-0.4, -0.2) is 60.5 Å². The predicted octanol–water partition coefficient (Wildman–Crippen LogP) is 3.52. The van der Waals surface area contributed by atoms with Crippen molar-refractivity contribution in [3.05, 3.63) is 22.5 Å². The van der Waals surface area contributed by atoms with Crippen molar-refractivity contribution in [3.8, 4) is 6.07 Å². The third-order valence-corrected chi connectivity index (χ3v) is 6.21. The SMILES string of the molecule is COC1(CO)CN(C)C1.N#Cc1cc2c(Br)c(NC3CCCCC3)ncc2o1. The Morgan fingerprint density at radius 2 is 2.14 bits per heavy atom. The number of likely N-dealkylation sites (tertiary alicyclic amines) is 1. The van der Waals surface area contributed by atoms with E-state index in [4.69, 9.17) is 19.5 Å². The van der Waals surface area contributed by atoms with Crippen molar-refractivity contribution in [2.45, 2.75) is 43.7 Å². The van der Waals surface area contributed by atoms with Crippen LogP contribution in [0.4, 0.5) is 5.82 Å². The number of furan rings is 1. The van der Waals surface area contributed by atoms with E-state index in [0.717, 1.165) is 28.8 Å². The monoisotopic (exact) mass is 450 g/mol. The molecule has 0 radical (unpaired) electrons. The Balaban J connectivity index is 0.000000211. The van der Waals surface area contributed by atoms with Crippen LogP contribution < -0.4 is 5.32 Å². The number of anilines is 1. The number of hydrogen-bond donors (Lipinski definition) is 2. The Morgan fingerprint density at radius 1 is 1.43 bits per heavy atom. The molecule has 0 atom stereocenters. The number of likely N-dealkylation sites (N-methyl/N-ethyl adjacent to an activating group) is 1. The molecule has 1 saturated heterocycles. The molecule has 0 amide bonds. The summed E-state index contributed by atoms with van der Waals surface area (Å²) in [7, 11) is 3.65. The van der Waals surface area contributed by atoms with Crippen LogP contribution in [0.2, 0.25) is 0 Å². The molecule has 2 N–H and O–H groups in total. The van der Waals surface area contributed by atoms with Crippen LogP contribution in [0.25, 0.3) is 11.0 Å². The van der Waals surface area contributed by atoms with Crippen LogP contribution in [0.3, 0.4) is 0 Å². The number of ether oxygens (including phenoxy) is 1. The number of rotatable bonds is 4. The largest absolute Gasteiger partial charge is 0.444 e. The summed E-state index contributed by atoms with van der Waals surface area (Å²) in [5, 5.41) is 22.0. The first-order valence-corrected chi connectivity index (χ1v) is 10.4. The molecule has 4 rings (SSSR count). The molecule has 0 aromatic carbocycles. The molecule has 2 aromatic rings. The summed E-state index contributed by atoms with van der Waals surface area (Å²) in [6.45, 7) is 1.83. The molecule has 0 unspecified atom stereocenters. The molecule has 2 fully saturated rings. The van der Waals surface area contributed by atoms with Gasteiger partial charge in [0.1, 0.15) is 17.5 Å². The van der Waals surface area contributed by atoms with Crippen molar-refractivity contribution in [1.82, 2.24) is 9.88 Å². The zero-order valence-electron chi connectivity index (χ0n) is 16.4. The van der Waals surface area contributed by atoms with Gasteiger partial charge in [-0.2, -0.15) is 5.26 Å². The van der Waals surface area contributed by atoms with Gasteiger partial charge < -0.3 is 24.5 Å². The number of nitriles is 1. The molecule has 1 aliphatic carbocycles. The lowest BCUT2D eigenvalue weighted by Gasteiger charge is -2.46. The second-order valence-corrected chi connectivity index (χ2v) is 8.41. The maximum absolute atomic E-state index is 8.86. The van der Waals surface area contributed by atoms with Gasteiger partial charge in [-0.25, -0.2) is 4.98 Å². The van der Waals surface area contributed by atoms with Gasteiger partial charge in [0.15, 0.2) is 5.58 Å². The average molecular weight is 451 g/mol. The molecule has 152 valence electrons. The maximum atomic E-state index is 8.86. The lowest BCUT2D eigenvalue weighted by atomic mass is 9.95. The Kier molecular flexibility index (Phi) is 6.94. The van der Waals surface area contributed by atoms with Crippen LogP contribution in [0.5, 0.6) is 0 Å². The number of pyridine rings is 1. The highest BCUT2D eigenvalue weighted by atomic mass is 79.9. The number of halogens is 1.